The Labute approximate surface area is 145 Å². The Balaban J connectivity index is 1.98. The quantitative estimate of drug-likeness (QED) is 0.831. The number of hydrogen-bond acceptors (Lipinski definition) is 6. The maximum Gasteiger partial charge on any atom is 0.322 e. The lowest BCUT2D eigenvalue weighted by molar-refractivity contribution is -0.140. The summed E-state index contributed by atoms with van der Waals surface area (Å²) in [7, 11) is -3.81. The first kappa shape index (κ1) is 17.6. The summed E-state index contributed by atoms with van der Waals surface area (Å²) in [6.45, 7) is 3.82. The molecule has 8 nitrogen and oxygen atoms in total. The van der Waals surface area contributed by atoms with E-state index >= 15 is 0 Å². The van der Waals surface area contributed by atoms with E-state index in [1.54, 1.807) is 38.2 Å². The third-order valence-corrected chi connectivity index (χ3v) is 6.16. The largest absolute Gasteiger partial charge is 0.480 e. The molecule has 0 radical (unpaired) electrons. The van der Waals surface area contributed by atoms with E-state index in [1.807, 2.05) is 0 Å². The summed E-state index contributed by atoms with van der Waals surface area (Å²) in [5.74, 6) is -0.0911. The minimum Gasteiger partial charge on any atom is -0.480 e. The van der Waals surface area contributed by atoms with Gasteiger partial charge in [-0.25, -0.2) is 13.4 Å². The fraction of sp³-hybridized carbons (Fsp3) is 0.375. The summed E-state index contributed by atoms with van der Waals surface area (Å²) >= 11 is 0. The summed E-state index contributed by atoms with van der Waals surface area (Å²) in [6.07, 6.45) is 1.54. The van der Waals surface area contributed by atoms with Crippen LogP contribution in [0.5, 0.6) is 0 Å². The van der Waals surface area contributed by atoms with E-state index in [4.69, 9.17) is 9.52 Å². The maximum atomic E-state index is 13.0. The highest BCUT2D eigenvalue weighted by atomic mass is 32.2. The molecule has 1 aromatic carbocycles. The molecule has 2 aromatic rings. The highest BCUT2D eigenvalue weighted by molar-refractivity contribution is 7.89. The van der Waals surface area contributed by atoms with Gasteiger partial charge in [-0.2, -0.15) is 4.31 Å². The zero-order valence-electron chi connectivity index (χ0n) is 13.9. The monoisotopic (exact) mass is 365 g/mol. The predicted octanol–water partition coefficient (Wildman–Crippen LogP) is 1.01. The van der Waals surface area contributed by atoms with Crippen molar-refractivity contribution in [3.05, 3.63) is 35.9 Å². The predicted molar refractivity (Wildman–Crippen MR) is 89.6 cm³/mol. The lowest BCUT2D eigenvalue weighted by atomic mass is 10.1. The van der Waals surface area contributed by atoms with Crippen LogP contribution in [0.3, 0.4) is 0 Å². The van der Waals surface area contributed by atoms with Crippen molar-refractivity contribution in [3.63, 3.8) is 0 Å². The first-order valence-corrected chi connectivity index (χ1v) is 9.23. The molecule has 1 unspecified atom stereocenters. The van der Waals surface area contributed by atoms with Gasteiger partial charge in [0.15, 0.2) is 11.7 Å². The van der Waals surface area contributed by atoms with Crippen LogP contribution in [0.4, 0.5) is 0 Å². The van der Waals surface area contributed by atoms with E-state index in [9.17, 15) is 13.2 Å². The number of piperazine rings is 1. The van der Waals surface area contributed by atoms with Gasteiger partial charge in [-0.3, -0.25) is 4.79 Å². The Kier molecular flexibility index (Phi) is 4.63. The van der Waals surface area contributed by atoms with Crippen molar-refractivity contribution >= 4 is 16.0 Å². The molecule has 1 fully saturated rings. The minimum absolute atomic E-state index is 0.108. The van der Waals surface area contributed by atoms with Crippen LogP contribution in [0.1, 0.15) is 11.5 Å². The molecule has 1 atom stereocenters. The Hall–Kier alpha value is -2.23. The number of sulfonamides is 1. The van der Waals surface area contributed by atoms with E-state index in [-0.39, 0.29) is 24.5 Å². The van der Waals surface area contributed by atoms with E-state index in [0.717, 1.165) is 0 Å². The first-order chi connectivity index (χ1) is 11.8. The number of carbonyl (C=O) groups is 1. The van der Waals surface area contributed by atoms with E-state index < -0.39 is 22.0 Å². The second-order valence-electron chi connectivity index (χ2n) is 5.93. The van der Waals surface area contributed by atoms with Gasteiger partial charge in [0.25, 0.3) is 0 Å². The molecule has 3 rings (SSSR count). The molecule has 0 aliphatic carbocycles. The molecular weight excluding hydrogens is 346 g/mol. The third kappa shape index (κ3) is 3.44. The van der Waals surface area contributed by atoms with E-state index in [2.05, 4.69) is 10.3 Å². The van der Waals surface area contributed by atoms with Gasteiger partial charge in [-0.05, 0) is 18.6 Å². The standard InChI is InChI=1S/C16H19N3O5S/c1-10-3-4-12(14-8-18-11(2)24-14)7-15(10)25(22,23)19-6-5-17-13(9-19)16(20)21/h3-4,7-8,13,17H,5-6,9H2,1-2H3,(H,20,21). The molecule has 0 amide bonds. The van der Waals surface area contributed by atoms with Gasteiger partial charge in [-0.1, -0.05) is 12.1 Å². The summed E-state index contributed by atoms with van der Waals surface area (Å²) in [4.78, 5) is 15.3. The van der Waals surface area contributed by atoms with Crippen molar-refractivity contribution in [2.75, 3.05) is 19.6 Å². The molecule has 0 bridgehead atoms. The molecule has 0 saturated carbocycles. The van der Waals surface area contributed by atoms with Crippen LogP contribution in [-0.4, -0.2) is 54.5 Å². The molecule has 1 aromatic heterocycles. The fourth-order valence-corrected chi connectivity index (χ4v) is 4.48. The average Bonchev–Trinajstić information content (AvgIpc) is 3.01. The van der Waals surface area contributed by atoms with Crippen LogP contribution >= 0.6 is 0 Å². The van der Waals surface area contributed by atoms with Crippen molar-refractivity contribution < 1.29 is 22.7 Å². The lowest BCUT2D eigenvalue weighted by Crippen LogP contribution is -2.55. The number of nitrogens with zero attached hydrogens (tertiary/aromatic N) is 2. The normalized spacial score (nSPS) is 19.0. The number of nitrogens with one attached hydrogen (secondary N) is 1. The van der Waals surface area contributed by atoms with Gasteiger partial charge in [-0.15, -0.1) is 0 Å². The van der Waals surface area contributed by atoms with Crippen LogP contribution < -0.4 is 5.32 Å². The van der Waals surface area contributed by atoms with Crippen LogP contribution in [0.2, 0.25) is 0 Å². The Morgan fingerprint density at radius 3 is 2.80 bits per heavy atom. The van der Waals surface area contributed by atoms with Gasteiger partial charge in [0.2, 0.25) is 10.0 Å². The molecule has 2 N–H and O–H groups in total. The molecule has 0 spiro atoms. The molecule has 25 heavy (non-hydrogen) atoms. The third-order valence-electron chi connectivity index (χ3n) is 4.15. The van der Waals surface area contributed by atoms with Crippen molar-refractivity contribution in [2.45, 2.75) is 24.8 Å². The number of benzene rings is 1. The molecule has 134 valence electrons. The average molecular weight is 365 g/mol. The van der Waals surface area contributed by atoms with Gasteiger partial charge in [0, 0.05) is 32.1 Å². The highest BCUT2D eigenvalue weighted by Crippen LogP contribution is 2.28. The maximum absolute atomic E-state index is 13.0. The number of carboxylic acids is 1. The molecule has 9 heteroatoms. The molecule has 1 saturated heterocycles. The smallest absolute Gasteiger partial charge is 0.322 e. The van der Waals surface area contributed by atoms with E-state index in [1.165, 1.54) is 4.31 Å². The van der Waals surface area contributed by atoms with Crippen molar-refractivity contribution in [2.24, 2.45) is 0 Å². The Morgan fingerprint density at radius 2 is 2.16 bits per heavy atom. The topological polar surface area (TPSA) is 113 Å². The number of aryl methyl sites for hydroxylation is 2. The summed E-state index contributed by atoms with van der Waals surface area (Å²) in [6, 6.07) is 4.11. The minimum atomic E-state index is -3.81. The molecular formula is C16H19N3O5S. The zero-order valence-corrected chi connectivity index (χ0v) is 14.7. The van der Waals surface area contributed by atoms with Gasteiger partial charge < -0.3 is 14.8 Å². The van der Waals surface area contributed by atoms with Crippen molar-refractivity contribution in [1.29, 1.82) is 0 Å². The van der Waals surface area contributed by atoms with Gasteiger partial charge in [0.05, 0.1) is 11.1 Å². The summed E-state index contributed by atoms with van der Waals surface area (Å²) < 4.78 is 32.7. The highest BCUT2D eigenvalue weighted by Gasteiger charge is 2.34. The molecule has 2 heterocycles. The second kappa shape index (κ2) is 6.58. The summed E-state index contributed by atoms with van der Waals surface area (Å²) in [5.41, 5.74) is 1.19. The fourth-order valence-electron chi connectivity index (χ4n) is 2.77. The van der Waals surface area contributed by atoms with Crippen LogP contribution in [0, 0.1) is 13.8 Å². The summed E-state index contributed by atoms with van der Waals surface area (Å²) in [5, 5.41) is 11.9. The van der Waals surface area contributed by atoms with Crippen LogP contribution in [0.25, 0.3) is 11.3 Å². The number of rotatable bonds is 4. The van der Waals surface area contributed by atoms with Crippen molar-refractivity contribution in [1.82, 2.24) is 14.6 Å². The first-order valence-electron chi connectivity index (χ1n) is 7.79. The van der Waals surface area contributed by atoms with Gasteiger partial charge in [0.1, 0.15) is 6.04 Å². The zero-order chi connectivity index (χ0) is 18.2. The lowest BCUT2D eigenvalue weighted by Gasteiger charge is -2.31. The SMILES string of the molecule is Cc1ncc(-c2ccc(C)c(S(=O)(=O)N3CCNC(C(=O)O)C3)c2)o1. The second-order valence-corrected chi connectivity index (χ2v) is 7.84. The molecule has 1 aliphatic heterocycles. The number of aliphatic carboxylic acids is 1. The Bertz CT molecular complexity index is 906. The molecule has 1 aliphatic rings. The Morgan fingerprint density at radius 1 is 1.40 bits per heavy atom. The van der Waals surface area contributed by atoms with Crippen LogP contribution in [0.15, 0.2) is 33.7 Å². The van der Waals surface area contributed by atoms with Crippen molar-refractivity contribution in [3.8, 4) is 11.3 Å². The number of aromatic nitrogens is 1. The number of hydrogen-bond donors (Lipinski definition) is 2. The van der Waals surface area contributed by atoms with Gasteiger partial charge >= 0.3 is 5.97 Å². The van der Waals surface area contributed by atoms with E-state index in [0.29, 0.717) is 22.8 Å². The number of carboxylic acid groups (broad SMARTS) is 1. The van der Waals surface area contributed by atoms with Crippen LogP contribution in [-0.2, 0) is 14.8 Å². The number of oxazole rings is 1.